The molecule has 0 radical (unpaired) electrons. The minimum Gasteiger partial charge on any atom is -0.397 e. The van der Waals surface area contributed by atoms with Crippen LogP contribution < -0.4 is 5.73 Å². The summed E-state index contributed by atoms with van der Waals surface area (Å²) in [6.45, 7) is 6.22. The Morgan fingerprint density at radius 1 is 1.42 bits per heavy atom. The summed E-state index contributed by atoms with van der Waals surface area (Å²) in [4.78, 5) is 2.37. The summed E-state index contributed by atoms with van der Waals surface area (Å²) in [7, 11) is 0. The van der Waals surface area contributed by atoms with Crippen LogP contribution >= 0.6 is 11.6 Å². The average molecular weight is 278 g/mol. The first-order valence-corrected chi connectivity index (χ1v) is 6.95. The number of benzene rings is 1. The molecule has 4 heteroatoms. The smallest absolute Gasteiger partial charge is 0.0675 e. The van der Waals surface area contributed by atoms with E-state index in [0.717, 1.165) is 30.6 Å². The summed E-state index contributed by atoms with van der Waals surface area (Å²) in [5.41, 5.74) is 8.72. The SMILES string of the molecule is CC(C)N1CCC=C(C(=N)c2cccc(Cl)c2N)C1. The molecule has 0 aromatic heterocycles. The second-order valence-corrected chi connectivity index (χ2v) is 5.57. The molecule has 1 aromatic rings. The lowest BCUT2D eigenvalue weighted by molar-refractivity contribution is 0.239. The highest BCUT2D eigenvalue weighted by molar-refractivity contribution is 6.34. The van der Waals surface area contributed by atoms with Gasteiger partial charge in [-0.2, -0.15) is 0 Å². The zero-order valence-electron chi connectivity index (χ0n) is 11.4. The molecule has 0 bridgehead atoms. The predicted octanol–water partition coefficient (Wildman–Crippen LogP) is 3.33. The maximum atomic E-state index is 8.36. The molecule has 0 unspecified atom stereocenters. The number of halogens is 1. The van der Waals surface area contributed by atoms with Crippen molar-refractivity contribution in [1.29, 1.82) is 5.41 Å². The van der Waals surface area contributed by atoms with Crippen LogP contribution in [0.25, 0.3) is 0 Å². The van der Waals surface area contributed by atoms with Gasteiger partial charge < -0.3 is 5.73 Å². The van der Waals surface area contributed by atoms with Crippen LogP contribution in [0.3, 0.4) is 0 Å². The molecule has 0 saturated heterocycles. The summed E-state index contributed by atoms with van der Waals surface area (Å²) in [6.07, 6.45) is 3.12. The molecule has 3 N–H and O–H groups in total. The molecule has 0 amide bonds. The Bertz CT molecular complexity index is 520. The molecular weight excluding hydrogens is 258 g/mol. The zero-order chi connectivity index (χ0) is 14.0. The molecule has 102 valence electrons. The van der Waals surface area contributed by atoms with Crippen LogP contribution in [0.4, 0.5) is 5.69 Å². The van der Waals surface area contributed by atoms with Crippen molar-refractivity contribution in [1.82, 2.24) is 4.90 Å². The van der Waals surface area contributed by atoms with Crippen molar-refractivity contribution in [3.63, 3.8) is 0 Å². The van der Waals surface area contributed by atoms with Gasteiger partial charge in [-0.25, -0.2) is 0 Å². The molecule has 3 nitrogen and oxygen atoms in total. The normalized spacial score (nSPS) is 16.5. The van der Waals surface area contributed by atoms with Gasteiger partial charge in [-0.3, -0.25) is 10.3 Å². The van der Waals surface area contributed by atoms with Crippen LogP contribution in [-0.4, -0.2) is 29.7 Å². The number of nitrogen functional groups attached to an aromatic ring is 1. The van der Waals surface area contributed by atoms with Gasteiger partial charge in [0.15, 0.2) is 0 Å². The largest absolute Gasteiger partial charge is 0.397 e. The quantitative estimate of drug-likeness (QED) is 0.658. The second-order valence-electron chi connectivity index (χ2n) is 5.16. The highest BCUT2D eigenvalue weighted by Gasteiger charge is 2.20. The van der Waals surface area contributed by atoms with E-state index in [2.05, 4.69) is 24.8 Å². The van der Waals surface area contributed by atoms with Crippen molar-refractivity contribution in [3.05, 3.63) is 40.4 Å². The molecule has 0 saturated carbocycles. The van der Waals surface area contributed by atoms with E-state index in [9.17, 15) is 0 Å². The van der Waals surface area contributed by atoms with Gasteiger partial charge in [0.05, 0.1) is 16.4 Å². The Morgan fingerprint density at radius 2 is 2.16 bits per heavy atom. The fraction of sp³-hybridized carbons (Fsp3) is 0.400. The first-order valence-electron chi connectivity index (χ1n) is 6.57. The summed E-state index contributed by atoms with van der Waals surface area (Å²) in [5.74, 6) is 0. The summed E-state index contributed by atoms with van der Waals surface area (Å²) in [6, 6.07) is 5.95. The number of anilines is 1. The van der Waals surface area contributed by atoms with Crippen LogP contribution in [0.2, 0.25) is 5.02 Å². The number of rotatable bonds is 3. The molecule has 0 atom stereocenters. The van der Waals surface area contributed by atoms with Crippen molar-refractivity contribution in [2.24, 2.45) is 0 Å². The van der Waals surface area contributed by atoms with Gasteiger partial charge in [-0.05, 0) is 31.9 Å². The van der Waals surface area contributed by atoms with Crippen molar-refractivity contribution in [2.75, 3.05) is 18.8 Å². The van der Waals surface area contributed by atoms with Gasteiger partial charge in [0, 0.05) is 24.7 Å². The van der Waals surface area contributed by atoms with Gasteiger partial charge in [0.25, 0.3) is 0 Å². The van der Waals surface area contributed by atoms with Crippen LogP contribution in [0.1, 0.15) is 25.8 Å². The monoisotopic (exact) mass is 277 g/mol. The average Bonchev–Trinajstić information content (AvgIpc) is 2.41. The number of nitrogens with two attached hydrogens (primary N) is 1. The van der Waals surface area contributed by atoms with Crippen LogP contribution in [0.15, 0.2) is 29.8 Å². The van der Waals surface area contributed by atoms with Crippen molar-refractivity contribution < 1.29 is 0 Å². The van der Waals surface area contributed by atoms with Crippen LogP contribution in [0, 0.1) is 5.41 Å². The van der Waals surface area contributed by atoms with Gasteiger partial charge >= 0.3 is 0 Å². The van der Waals surface area contributed by atoms with E-state index in [0.29, 0.717) is 22.5 Å². The minimum atomic E-state index is 0.491. The Kier molecular flexibility index (Phi) is 4.27. The molecule has 19 heavy (non-hydrogen) atoms. The first kappa shape index (κ1) is 14.1. The maximum Gasteiger partial charge on any atom is 0.0675 e. The summed E-state index contributed by atoms with van der Waals surface area (Å²) < 4.78 is 0. The molecule has 0 spiro atoms. The van der Waals surface area contributed by atoms with E-state index in [-0.39, 0.29) is 0 Å². The second kappa shape index (κ2) is 5.76. The lowest BCUT2D eigenvalue weighted by atomic mass is 9.97. The van der Waals surface area contributed by atoms with Gasteiger partial charge in [-0.15, -0.1) is 0 Å². The van der Waals surface area contributed by atoms with E-state index in [4.69, 9.17) is 22.7 Å². The highest BCUT2D eigenvalue weighted by Crippen LogP contribution is 2.26. The Balaban J connectivity index is 2.25. The van der Waals surface area contributed by atoms with Crippen LogP contribution in [-0.2, 0) is 0 Å². The molecule has 1 heterocycles. The number of para-hydroxylation sites is 1. The minimum absolute atomic E-state index is 0.491. The fourth-order valence-electron chi connectivity index (χ4n) is 2.32. The lowest BCUT2D eigenvalue weighted by Gasteiger charge is -2.31. The molecular formula is C15H20ClN3. The molecule has 0 aliphatic carbocycles. The molecule has 1 aliphatic heterocycles. The Hall–Kier alpha value is -1.32. The third kappa shape index (κ3) is 2.99. The van der Waals surface area contributed by atoms with E-state index >= 15 is 0 Å². The summed E-state index contributed by atoms with van der Waals surface area (Å²) in [5, 5.41) is 8.87. The third-order valence-electron chi connectivity index (χ3n) is 3.55. The molecule has 0 fully saturated rings. The Morgan fingerprint density at radius 3 is 2.84 bits per heavy atom. The topological polar surface area (TPSA) is 53.1 Å². The van der Waals surface area contributed by atoms with E-state index in [1.165, 1.54) is 0 Å². The zero-order valence-corrected chi connectivity index (χ0v) is 12.2. The standard InChI is InChI=1S/C15H20ClN3/c1-10(2)19-8-4-5-11(9-19)14(17)12-6-3-7-13(16)15(12)18/h3,5-7,10,17H,4,8-9,18H2,1-2H3. The lowest BCUT2D eigenvalue weighted by Crippen LogP contribution is -2.37. The van der Waals surface area contributed by atoms with Crippen molar-refractivity contribution >= 4 is 23.0 Å². The predicted molar refractivity (Wildman–Crippen MR) is 82.1 cm³/mol. The van der Waals surface area contributed by atoms with Crippen molar-refractivity contribution in [3.8, 4) is 0 Å². The Labute approximate surface area is 119 Å². The number of hydrogen-bond acceptors (Lipinski definition) is 3. The van der Waals surface area contributed by atoms with Gasteiger partial charge in [-0.1, -0.05) is 29.8 Å². The van der Waals surface area contributed by atoms with Gasteiger partial charge in [0.1, 0.15) is 0 Å². The fourth-order valence-corrected chi connectivity index (χ4v) is 2.49. The maximum absolute atomic E-state index is 8.36. The third-order valence-corrected chi connectivity index (χ3v) is 3.88. The first-order chi connectivity index (χ1) is 9.00. The van der Waals surface area contributed by atoms with Gasteiger partial charge in [0.2, 0.25) is 0 Å². The van der Waals surface area contributed by atoms with Crippen LogP contribution in [0.5, 0.6) is 0 Å². The molecule has 1 aromatic carbocycles. The van der Waals surface area contributed by atoms with Crippen molar-refractivity contribution in [2.45, 2.75) is 26.3 Å². The summed E-state index contributed by atoms with van der Waals surface area (Å²) >= 11 is 6.02. The molecule has 2 rings (SSSR count). The van der Waals surface area contributed by atoms with E-state index in [1.807, 2.05) is 12.1 Å². The van der Waals surface area contributed by atoms with E-state index < -0.39 is 0 Å². The van der Waals surface area contributed by atoms with E-state index in [1.54, 1.807) is 6.07 Å². The highest BCUT2D eigenvalue weighted by atomic mass is 35.5. The molecule has 1 aliphatic rings. The number of nitrogens with zero attached hydrogens (tertiary/aromatic N) is 1. The number of nitrogens with one attached hydrogen (secondary N) is 1. The number of hydrogen-bond donors (Lipinski definition) is 2.